The van der Waals surface area contributed by atoms with Gasteiger partial charge in [0.05, 0.1) is 0 Å². The molecule has 0 unspecified atom stereocenters. The first kappa shape index (κ1) is 22.5. The number of rotatable bonds is 0. The maximum atomic E-state index is 3.35. The van der Waals surface area contributed by atoms with E-state index in [1.807, 2.05) is 0 Å². The van der Waals surface area contributed by atoms with Gasteiger partial charge in [0.1, 0.15) is 0 Å². The van der Waals surface area contributed by atoms with Crippen molar-refractivity contribution >= 4 is 0 Å². The summed E-state index contributed by atoms with van der Waals surface area (Å²) >= 11 is 0. The van der Waals surface area contributed by atoms with Gasteiger partial charge >= 0.3 is 32.7 Å². The van der Waals surface area contributed by atoms with Gasteiger partial charge in [-0.05, 0) is 0 Å². The first-order valence-corrected chi connectivity index (χ1v) is 8.00. The molecule has 0 fully saturated rings. The minimum atomic E-state index is 0. The summed E-state index contributed by atoms with van der Waals surface area (Å²) in [5.41, 5.74) is 13.5. The monoisotopic (exact) mass is 383 g/mol. The molecule has 2 rings (SSSR count). The number of aryl methyl sites for hydroxylation is 4. The summed E-state index contributed by atoms with van der Waals surface area (Å²) in [6.07, 6.45) is 0. The van der Waals surface area contributed by atoms with Gasteiger partial charge < -0.3 is 0 Å². The Morgan fingerprint density at radius 3 is 0.696 bits per heavy atom. The zero-order valence-electron chi connectivity index (χ0n) is 16.6. The summed E-state index contributed by atoms with van der Waals surface area (Å²) in [6.45, 7) is 21.5. The van der Waals surface area contributed by atoms with Crippen LogP contribution in [0, 0.1) is 81.4 Å². The summed E-state index contributed by atoms with van der Waals surface area (Å²) in [7, 11) is 0. The van der Waals surface area contributed by atoms with Gasteiger partial charge in [-0.2, -0.15) is 67.8 Å². The molecular weight excluding hydrogens is 353 g/mol. The van der Waals surface area contributed by atoms with Crippen molar-refractivity contribution in [2.75, 3.05) is 0 Å². The zero-order valence-corrected chi connectivity index (χ0v) is 19.4. The quantitative estimate of drug-likeness (QED) is 0.486. The van der Waals surface area contributed by atoms with Gasteiger partial charge in [0.15, 0.2) is 0 Å². The maximum Gasteiger partial charge on any atom is 3.00 e. The Balaban J connectivity index is 0.000000403. The van der Waals surface area contributed by atoms with Crippen LogP contribution in [0.15, 0.2) is 0 Å². The maximum absolute atomic E-state index is 3.35. The Bertz CT molecular complexity index is 580. The van der Waals surface area contributed by atoms with Crippen molar-refractivity contribution in [2.45, 2.75) is 69.2 Å². The largest absolute Gasteiger partial charge is 3.00 e. The second kappa shape index (κ2) is 9.14. The van der Waals surface area contributed by atoms with Crippen LogP contribution in [-0.4, -0.2) is 0 Å². The first-order valence-electron chi connectivity index (χ1n) is 8.00. The third-order valence-corrected chi connectivity index (χ3v) is 5.25. The predicted molar refractivity (Wildman–Crippen MR) is 97.9 cm³/mol. The van der Waals surface area contributed by atoms with Crippen LogP contribution in [0.4, 0.5) is 0 Å². The molecule has 0 heterocycles. The van der Waals surface area contributed by atoms with Gasteiger partial charge in [0.25, 0.3) is 0 Å². The fraction of sp³-hybridized carbons (Fsp3) is 0.455. The van der Waals surface area contributed by atoms with Gasteiger partial charge in [-0.15, -0.1) is 0 Å². The van der Waals surface area contributed by atoms with Crippen molar-refractivity contribution in [1.29, 1.82) is 0 Å². The molecule has 1 heteroatoms. The first-order chi connectivity index (χ1) is 10.1. The van der Waals surface area contributed by atoms with Gasteiger partial charge in [-0.1, -0.05) is 69.2 Å². The molecule has 0 amide bonds. The minimum Gasteiger partial charge on any atom is -0.177 e. The van der Waals surface area contributed by atoms with Crippen LogP contribution in [0.5, 0.6) is 0 Å². The molecule has 0 radical (unpaired) electrons. The van der Waals surface area contributed by atoms with E-state index in [4.69, 9.17) is 0 Å². The molecule has 2 aromatic rings. The van der Waals surface area contributed by atoms with E-state index in [2.05, 4.69) is 81.4 Å². The minimum absolute atomic E-state index is 0. The Labute approximate surface area is 169 Å². The van der Waals surface area contributed by atoms with Crippen LogP contribution < -0.4 is 0 Å². The van der Waals surface area contributed by atoms with Crippen LogP contribution in [-0.2, 0) is 32.7 Å². The molecule has 0 spiro atoms. The van der Waals surface area contributed by atoms with E-state index in [9.17, 15) is 0 Å². The Kier molecular flexibility index (Phi) is 8.96. The van der Waals surface area contributed by atoms with Crippen LogP contribution in [0.1, 0.15) is 55.6 Å². The second-order valence-corrected chi connectivity index (χ2v) is 6.50. The molecule has 0 N–H and O–H groups in total. The Morgan fingerprint density at radius 1 is 0.348 bits per heavy atom. The third kappa shape index (κ3) is 5.26. The van der Waals surface area contributed by atoms with Crippen LogP contribution in [0.25, 0.3) is 0 Å². The van der Waals surface area contributed by atoms with Crippen LogP contribution in [0.3, 0.4) is 0 Å². The van der Waals surface area contributed by atoms with E-state index in [-0.39, 0.29) is 32.7 Å². The predicted octanol–water partition coefficient (Wildman–Crippen LogP) is 6.06. The standard InChI is InChI=1S/2C11H15.Y/c2*1-7-6-8(2)10(4)11(5)9(7)3;/h2*1-5H3;/q2*-1;+3. The van der Waals surface area contributed by atoms with Gasteiger partial charge in [-0.25, -0.2) is 0 Å². The van der Waals surface area contributed by atoms with Crippen LogP contribution >= 0.6 is 0 Å². The van der Waals surface area contributed by atoms with E-state index in [1.54, 1.807) is 0 Å². The molecular formula is C22H30Y+. The van der Waals surface area contributed by atoms with E-state index in [1.165, 1.54) is 55.6 Å². The summed E-state index contributed by atoms with van der Waals surface area (Å²) in [5.74, 6) is 0. The average Bonchev–Trinajstić information content (AvgIpc) is 2.47. The summed E-state index contributed by atoms with van der Waals surface area (Å²) in [4.78, 5) is 0. The molecule has 0 aliphatic heterocycles. The van der Waals surface area contributed by atoms with Gasteiger partial charge in [0.2, 0.25) is 0 Å². The second-order valence-electron chi connectivity index (χ2n) is 6.50. The van der Waals surface area contributed by atoms with Crippen molar-refractivity contribution in [3.8, 4) is 0 Å². The molecule has 23 heavy (non-hydrogen) atoms. The number of hydrogen-bond donors (Lipinski definition) is 0. The van der Waals surface area contributed by atoms with Crippen molar-refractivity contribution in [3.05, 3.63) is 67.8 Å². The zero-order chi connectivity index (χ0) is 17.2. The van der Waals surface area contributed by atoms with Gasteiger partial charge in [-0.3, -0.25) is 0 Å². The number of benzene rings is 2. The molecule has 0 saturated heterocycles. The Hall–Kier alpha value is -0.456. The molecule has 2 aromatic carbocycles. The van der Waals surface area contributed by atoms with Gasteiger partial charge in [0, 0.05) is 0 Å². The topological polar surface area (TPSA) is 0 Å². The van der Waals surface area contributed by atoms with Crippen molar-refractivity contribution < 1.29 is 32.7 Å². The number of hydrogen-bond acceptors (Lipinski definition) is 0. The van der Waals surface area contributed by atoms with E-state index in [0.717, 1.165) is 0 Å². The van der Waals surface area contributed by atoms with E-state index in [0.29, 0.717) is 0 Å². The van der Waals surface area contributed by atoms with Crippen molar-refractivity contribution in [2.24, 2.45) is 0 Å². The summed E-state index contributed by atoms with van der Waals surface area (Å²) in [5, 5.41) is 0. The fourth-order valence-corrected chi connectivity index (χ4v) is 2.62. The molecule has 0 atom stereocenters. The SMILES string of the molecule is Cc1[c-]c(C)c(C)c(C)c1C.Cc1[c-]c(C)c(C)c(C)c1C.[Y+3]. The Morgan fingerprint density at radius 2 is 0.522 bits per heavy atom. The van der Waals surface area contributed by atoms with Crippen LogP contribution in [0.2, 0.25) is 0 Å². The smallest absolute Gasteiger partial charge is 0.177 e. The molecule has 0 aliphatic carbocycles. The summed E-state index contributed by atoms with van der Waals surface area (Å²) in [6, 6.07) is 6.70. The normalized spacial score (nSPS) is 9.83. The molecule has 0 saturated carbocycles. The average molecular weight is 383 g/mol. The third-order valence-electron chi connectivity index (χ3n) is 5.25. The van der Waals surface area contributed by atoms with E-state index >= 15 is 0 Å². The molecule has 0 bridgehead atoms. The fourth-order valence-electron chi connectivity index (χ4n) is 2.62. The summed E-state index contributed by atoms with van der Waals surface area (Å²) < 4.78 is 0. The van der Waals surface area contributed by atoms with E-state index < -0.39 is 0 Å². The molecule has 120 valence electrons. The van der Waals surface area contributed by atoms with Crippen molar-refractivity contribution in [1.82, 2.24) is 0 Å². The molecule has 0 aliphatic rings. The molecule has 0 nitrogen and oxygen atoms in total. The van der Waals surface area contributed by atoms with Crippen molar-refractivity contribution in [3.63, 3.8) is 0 Å². The molecule has 0 aromatic heterocycles.